The van der Waals surface area contributed by atoms with Crippen LogP contribution in [0.3, 0.4) is 0 Å². The van der Waals surface area contributed by atoms with Crippen molar-refractivity contribution in [3.05, 3.63) is 89.2 Å². The van der Waals surface area contributed by atoms with E-state index in [1.54, 1.807) is 6.20 Å². The molecule has 2 heterocycles. The van der Waals surface area contributed by atoms with Gasteiger partial charge in [-0.3, -0.25) is 14.7 Å². The van der Waals surface area contributed by atoms with Crippen LogP contribution in [0.25, 0.3) is 0 Å². The summed E-state index contributed by atoms with van der Waals surface area (Å²) in [5.41, 5.74) is 6.24. The number of nitrogens with one attached hydrogen (secondary N) is 1. The van der Waals surface area contributed by atoms with Crippen molar-refractivity contribution in [1.82, 2.24) is 9.88 Å². The second-order valence-corrected chi connectivity index (χ2v) is 7.67. The van der Waals surface area contributed by atoms with Crippen LogP contribution in [0.2, 0.25) is 0 Å². The van der Waals surface area contributed by atoms with E-state index in [0.717, 1.165) is 37.4 Å². The number of anilines is 2. The van der Waals surface area contributed by atoms with Crippen molar-refractivity contribution in [2.45, 2.75) is 19.5 Å². The predicted molar refractivity (Wildman–Crippen MR) is 117 cm³/mol. The molecule has 1 amide bonds. The van der Waals surface area contributed by atoms with E-state index in [4.69, 9.17) is 0 Å². The van der Waals surface area contributed by atoms with Crippen LogP contribution in [-0.2, 0) is 19.5 Å². The van der Waals surface area contributed by atoms with E-state index >= 15 is 0 Å². The highest BCUT2D eigenvalue weighted by atomic mass is 16.1. The van der Waals surface area contributed by atoms with Gasteiger partial charge in [0.25, 0.3) is 5.91 Å². The van der Waals surface area contributed by atoms with Crippen molar-refractivity contribution >= 4 is 17.3 Å². The highest BCUT2D eigenvalue weighted by Gasteiger charge is 2.20. The Morgan fingerprint density at radius 1 is 1.07 bits per heavy atom. The molecule has 4 rings (SSSR count). The summed E-state index contributed by atoms with van der Waals surface area (Å²) in [6.45, 7) is 2.74. The maximum Gasteiger partial charge on any atom is 0.255 e. The van der Waals surface area contributed by atoms with Gasteiger partial charge in [0.15, 0.2) is 0 Å². The lowest BCUT2D eigenvalue weighted by atomic mass is 9.99. The molecule has 5 nitrogen and oxygen atoms in total. The van der Waals surface area contributed by atoms with Crippen LogP contribution >= 0.6 is 0 Å². The van der Waals surface area contributed by atoms with E-state index in [9.17, 15) is 4.79 Å². The van der Waals surface area contributed by atoms with Gasteiger partial charge in [-0.15, -0.1) is 0 Å². The first-order chi connectivity index (χ1) is 14.1. The number of fused-ring (bicyclic) bond motifs is 1. The molecule has 2 aromatic carbocycles. The molecule has 0 fully saturated rings. The third-order valence-corrected chi connectivity index (χ3v) is 5.36. The number of hydrogen-bond acceptors (Lipinski definition) is 4. The highest BCUT2D eigenvalue weighted by Crippen LogP contribution is 2.26. The molecule has 29 heavy (non-hydrogen) atoms. The van der Waals surface area contributed by atoms with Crippen molar-refractivity contribution < 1.29 is 4.79 Å². The fraction of sp³-hybridized carbons (Fsp3) is 0.250. The second kappa shape index (κ2) is 8.45. The second-order valence-electron chi connectivity index (χ2n) is 7.67. The van der Waals surface area contributed by atoms with Crippen molar-refractivity contribution in [2.24, 2.45) is 0 Å². The van der Waals surface area contributed by atoms with Gasteiger partial charge in [-0.1, -0.05) is 30.3 Å². The average Bonchev–Trinajstić information content (AvgIpc) is 2.74. The lowest BCUT2D eigenvalue weighted by Gasteiger charge is -2.29. The number of hydrogen-bond donors (Lipinski definition) is 1. The van der Waals surface area contributed by atoms with Crippen LogP contribution in [0, 0.1) is 0 Å². The molecule has 3 aromatic rings. The van der Waals surface area contributed by atoms with E-state index in [1.807, 2.05) is 55.5 Å². The fourth-order valence-electron chi connectivity index (χ4n) is 3.74. The molecule has 0 bridgehead atoms. The van der Waals surface area contributed by atoms with Crippen molar-refractivity contribution in [3.63, 3.8) is 0 Å². The van der Waals surface area contributed by atoms with Gasteiger partial charge in [0.05, 0.1) is 11.9 Å². The normalized spacial score (nSPS) is 13.6. The maximum atomic E-state index is 12.7. The summed E-state index contributed by atoms with van der Waals surface area (Å²) < 4.78 is 0. The Balaban J connectivity index is 1.46. The van der Waals surface area contributed by atoms with E-state index in [1.165, 1.54) is 16.7 Å². The molecule has 0 aliphatic carbocycles. The zero-order valence-electron chi connectivity index (χ0n) is 16.9. The summed E-state index contributed by atoms with van der Waals surface area (Å²) in [7, 11) is 3.97. The van der Waals surface area contributed by atoms with Crippen LogP contribution in [0.5, 0.6) is 0 Å². The van der Waals surface area contributed by atoms with E-state index in [0.29, 0.717) is 5.56 Å². The first kappa shape index (κ1) is 19.2. The molecule has 0 saturated heterocycles. The summed E-state index contributed by atoms with van der Waals surface area (Å²) in [6, 6.07) is 18.1. The third-order valence-electron chi connectivity index (χ3n) is 5.36. The molecular weight excluding hydrogens is 360 g/mol. The number of aromatic nitrogens is 1. The Morgan fingerprint density at radius 2 is 1.83 bits per heavy atom. The largest absolute Gasteiger partial charge is 0.378 e. The molecule has 148 valence electrons. The van der Waals surface area contributed by atoms with Gasteiger partial charge < -0.3 is 10.2 Å². The topological polar surface area (TPSA) is 48.5 Å². The Bertz CT molecular complexity index is 984. The van der Waals surface area contributed by atoms with Gasteiger partial charge in [0, 0.05) is 51.2 Å². The molecular formula is C24H26N4O. The third kappa shape index (κ3) is 4.46. The number of pyridine rings is 1. The van der Waals surface area contributed by atoms with Crippen molar-refractivity contribution in [3.8, 4) is 0 Å². The maximum absolute atomic E-state index is 12.7. The first-order valence-electron chi connectivity index (χ1n) is 9.91. The molecule has 0 saturated carbocycles. The summed E-state index contributed by atoms with van der Waals surface area (Å²) in [5.74, 6) is -0.0998. The average molecular weight is 386 g/mol. The summed E-state index contributed by atoms with van der Waals surface area (Å²) >= 11 is 0. The Labute approximate surface area is 172 Å². The molecule has 1 aliphatic rings. The van der Waals surface area contributed by atoms with Gasteiger partial charge in [-0.2, -0.15) is 0 Å². The van der Waals surface area contributed by atoms with Gasteiger partial charge in [-0.25, -0.2) is 0 Å². The molecule has 5 heteroatoms. The van der Waals surface area contributed by atoms with Crippen molar-refractivity contribution in [1.29, 1.82) is 0 Å². The molecule has 0 unspecified atom stereocenters. The quantitative estimate of drug-likeness (QED) is 0.721. The lowest BCUT2D eigenvalue weighted by Crippen LogP contribution is -2.31. The molecule has 0 radical (unpaired) electrons. The van der Waals surface area contributed by atoms with Gasteiger partial charge in [0.1, 0.15) is 0 Å². The summed E-state index contributed by atoms with van der Waals surface area (Å²) in [4.78, 5) is 21.5. The predicted octanol–water partition coefficient (Wildman–Crippen LogP) is 3.96. The number of benzene rings is 2. The van der Waals surface area contributed by atoms with Gasteiger partial charge >= 0.3 is 0 Å². The zero-order chi connectivity index (χ0) is 20.2. The summed E-state index contributed by atoms with van der Waals surface area (Å²) in [6.07, 6.45) is 4.59. The minimum absolute atomic E-state index is 0.0998. The summed E-state index contributed by atoms with van der Waals surface area (Å²) in [5, 5.41) is 3.07. The molecule has 0 atom stereocenters. The SMILES string of the molecule is CN(C)c1ccc(C(=O)Nc2cncc3c2CCN(Cc2ccccc2)C3)cc1. The standard InChI is InChI=1S/C24H26N4O/c1-27(2)21-10-8-19(9-11-21)24(29)26-23-15-25-14-20-17-28(13-12-22(20)23)16-18-6-4-3-5-7-18/h3-11,14-15H,12-13,16-17H2,1-2H3,(H,26,29). The monoisotopic (exact) mass is 386 g/mol. The van der Waals surface area contributed by atoms with Crippen LogP contribution in [0.1, 0.15) is 27.0 Å². The number of rotatable bonds is 5. The number of nitrogens with zero attached hydrogens (tertiary/aromatic N) is 3. The van der Waals surface area contributed by atoms with Crippen LogP contribution in [0.4, 0.5) is 11.4 Å². The lowest BCUT2D eigenvalue weighted by molar-refractivity contribution is 0.102. The van der Waals surface area contributed by atoms with Gasteiger partial charge in [-0.05, 0) is 47.4 Å². The Morgan fingerprint density at radius 3 is 2.55 bits per heavy atom. The smallest absolute Gasteiger partial charge is 0.255 e. The van der Waals surface area contributed by atoms with Crippen LogP contribution in [0.15, 0.2) is 67.0 Å². The molecule has 1 N–H and O–H groups in total. The van der Waals surface area contributed by atoms with Gasteiger partial charge in [0.2, 0.25) is 0 Å². The van der Waals surface area contributed by atoms with Crippen molar-refractivity contribution in [2.75, 3.05) is 30.9 Å². The van der Waals surface area contributed by atoms with Crippen LogP contribution < -0.4 is 10.2 Å². The number of carbonyl (C=O) groups is 1. The minimum atomic E-state index is -0.0998. The molecule has 1 aliphatic heterocycles. The Kier molecular flexibility index (Phi) is 5.58. The van der Waals surface area contributed by atoms with E-state index in [2.05, 4.69) is 39.5 Å². The Hall–Kier alpha value is -3.18. The minimum Gasteiger partial charge on any atom is -0.378 e. The number of carbonyl (C=O) groups excluding carboxylic acids is 1. The molecule has 0 spiro atoms. The molecule has 1 aromatic heterocycles. The van der Waals surface area contributed by atoms with E-state index in [-0.39, 0.29) is 5.91 Å². The number of amides is 1. The van der Waals surface area contributed by atoms with Crippen LogP contribution in [-0.4, -0.2) is 36.4 Å². The highest BCUT2D eigenvalue weighted by molar-refractivity contribution is 6.04. The fourth-order valence-corrected chi connectivity index (χ4v) is 3.74. The zero-order valence-corrected chi connectivity index (χ0v) is 16.9. The first-order valence-corrected chi connectivity index (χ1v) is 9.91. The van der Waals surface area contributed by atoms with E-state index < -0.39 is 0 Å².